The number of hydrogen-bond acceptors (Lipinski definition) is 2. The van der Waals surface area contributed by atoms with Crippen LogP contribution in [0, 0.1) is 0 Å². The standard InChI is InChI=1S/C13H12Cl2N2/c14-11-5-10(6-12(15)7-11)13(16)4-9-2-1-3-17-8-9/h1-3,5-8,13H,4,16H2. The Morgan fingerprint density at radius 3 is 2.47 bits per heavy atom. The molecule has 2 N–H and O–H groups in total. The van der Waals surface area contributed by atoms with E-state index in [9.17, 15) is 0 Å². The third kappa shape index (κ3) is 3.43. The smallest absolute Gasteiger partial charge is 0.0424 e. The van der Waals surface area contributed by atoms with E-state index in [1.807, 2.05) is 30.5 Å². The lowest BCUT2D eigenvalue weighted by atomic mass is 10.0. The van der Waals surface area contributed by atoms with Crippen LogP contribution in [0.15, 0.2) is 42.7 Å². The number of rotatable bonds is 3. The minimum absolute atomic E-state index is 0.129. The van der Waals surface area contributed by atoms with Crippen LogP contribution in [0.4, 0.5) is 0 Å². The molecule has 1 aromatic heterocycles. The van der Waals surface area contributed by atoms with Gasteiger partial charge in [-0.05, 0) is 41.8 Å². The fourth-order valence-corrected chi connectivity index (χ4v) is 2.22. The molecule has 0 bridgehead atoms. The summed E-state index contributed by atoms with van der Waals surface area (Å²) in [7, 11) is 0. The van der Waals surface area contributed by atoms with Gasteiger partial charge in [-0.3, -0.25) is 4.98 Å². The van der Waals surface area contributed by atoms with Crippen molar-refractivity contribution in [2.75, 3.05) is 0 Å². The van der Waals surface area contributed by atoms with Gasteiger partial charge >= 0.3 is 0 Å². The van der Waals surface area contributed by atoms with Gasteiger partial charge in [-0.2, -0.15) is 0 Å². The van der Waals surface area contributed by atoms with E-state index in [0.717, 1.165) is 11.1 Å². The average Bonchev–Trinajstić information content (AvgIpc) is 2.29. The van der Waals surface area contributed by atoms with Crippen molar-refractivity contribution in [2.45, 2.75) is 12.5 Å². The highest BCUT2D eigenvalue weighted by molar-refractivity contribution is 6.34. The maximum atomic E-state index is 6.12. The van der Waals surface area contributed by atoms with Crippen molar-refractivity contribution in [1.29, 1.82) is 0 Å². The summed E-state index contributed by atoms with van der Waals surface area (Å²) in [6, 6.07) is 9.15. The summed E-state index contributed by atoms with van der Waals surface area (Å²) in [5.41, 5.74) is 8.15. The van der Waals surface area contributed by atoms with Crippen LogP contribution in [0.1, 0.15) is 17.2 Å². The largest absolute Gasteiger partial charge is 0.324 e. The summed E-state index contributed by atoms with van der Waals surface area (Å²) in [6.45, 7) is 0. The van der Waals surface area contributed by atoms with Crippen molar-refractivity contribution in [1.82, 2.24) is 4.98 Å². The van der Waals surface area contributed by atoms with E-state index in [4.69, 9.17) is 28.9 Å². The molecule has 0 spiro atoms. The highest BCUT2D eigenvalue weighted by Gasteiger charge is 2.09. The lowest BCUT2D eigenvalue weighted by Gasteiger charge is -2.12. The molecule has 2 rings (SSSR count). The molecule has 0 aliphatic heterocycles. The number of hydrogen-bond donors (Lipinski definition) is 1. The Hall–Kier alpha value is -1.09. The normalized spacial score (nSPS) is 12.4. The molecule has 2 nitrogen and oxygen atoms in total. The number of benzene rings is 1. The first-order valence-corrected chi connectivity index (χ1v) is 6.01. The Balaban J connectivity index is 2.17. The first kappa shape index (κ1) is 12.4. The molecule has 1 unspecified atom stereocenters. The van der Waals surface area contributed by atoms with Crippen LogP contribution >= 0.6 is 23.2 Å². The minimum Gasteiger partial charge on any atom is -0.324 e. The summed E-state index contributed by atoms with van der Waals surface area (Å²) in [5.74, 6) is 0. The molecule has 1 aromatic carbocycles. The van der Waals surface area contributed by atoms with Crippen LogP contribution in [0.2, 0.25) is 10.0 Å². The zero-order valence-corrected chi connectivity index (χ0v) is 10.6. The third-order valence-electron chi connectivity index (χ3n) is 2.49. The van der Waals surface area contributed by atoms with Crippen LogP contribution in [0.3, 0.4) is 0 Å². The van der Waals surface area contributed by atoms with Crippen LogP contribution < -0.4 is 5.73 Å². The highest BCUT2D eigenvalue weighted by atomic mass is 35.5. The van der Waals surface area contributed by atoms with E-state index in [-0.39, 0.29) is 6.04 Å². The van der Waals surface area contributed by atoms with Gasteiger partial charge in [0.25, 0.3) is 0 Å². The van der Waals surface area contributed by atoms with Crippen LogP contribution in [-0.4, -0.2) is 4.98 Å². The first-order chi connectivity index (χ1) is 8.15. The van der Waals surface area contributed by atoms with E-state index >= 15 is 0 Å². The van der Waals surface area contributed by atoms with Gasteiger partial charge in [0.05, 0.1) is 0 Å². The maximum Gasteiger partial charge on any atom is 0.0424 e. The minimum atomic E-state index is -0.129. The van der Waals surface area contributed by atoms with Crippen LogP contribution in [0.25, 0.3) is 0 Å². The van der Waals surface area contributed by atoms with Gasteiger partial charge in [-0.25, -0.2) is 0 Å². The molecule has 0 saturated carbocycles. The predicted molar refractivity (Wildman–Crippen MR) is 71.3 cm³/mol. The number of nitrogens with two attached hydrogens (primary N) is 1. The van der Waals surface area contributed by atoms with E-state index in [1.165, 1.54) is 0 Å². The van der Waals surface area contributed by atoms with Gasteiger partial charge in [0.15, 0.2) is 0 Å². The average molecular weight is 267 g/mol. The topological polar surface area (TPSA) is 38.9 Å². The molecule has 88 valence electrons. The van der Waals surface area contributed by atoms with Crippen LogP contribution in [-0.2, 0) is 6.42 Å². The number of pyridine rings is 1. The Kier molecular flexibility index (Phi) is 4.00. The third-order valence-corrected chi connectivity index (χ3v) is 2.93. The fraction of sp³-hybridized carbons (Fsp3) is 0.154. The molecular formula is C13H12Cl2N2. The van der Waals surface area contributed by atoms with Gasteiger partial charge in [-0.15, -0.1) is 0 Å². The Morgan fingerprint density at radius 1 is 1.18 bits per heavy atom. The molecule has 0 saturated heterocycles. The molecule has 1 heterocycles. The Morgan fingerprint density at radius 2 is 1.88 bits per heavy atom. The van der Waals surface area contributed by atoms with Crippen LogP contribution in [0.5, 0.6) is 0 Å². The fourth-order valence-electron chi connectivity index (χ4n) is 1.68. The van der Waals surface area contributed by atoms with Crippen molar-refractivity contribution in [2.24, 2.45) is 5.73 Å². The molecule has 2 aromatic rings. The van der Waals surface area contributed by atoms with Gasteiger partial charge in [0.2, 0.25) is 0 Å². The zero-order valence-electron chi connectivity index (χ0n) is 9.11. The van der Waals surface area contributed by atoms with Gasteiger partial charge in [-0.1, -0.05) is 29.3 Å². The van der Waals surface area contributed by atoms with Crippen molar-refractivity contribution in [3.05, 3.63) is 63.9 Å². The number of nitrogens with zero attached hydrogens (tertiary/aromatic N) is 1. The van der Waals surface area contributed by atoms with Gasteiger partial charge < -0.3 is 5.73 Å². The lowest BCUT2D eigenvalue weighted by molar-refractivity contribution is 0.720. The summed E-state index contributed by atoms with van der Waals surface area (Å²) in [4.78, 5) is 4.06. The molecule has 0 radical (unpaired) electrons. The Labute approximate surface area is 110 Å². The SMILES string of the molecule is NC(Cc1cccnc1)c1cc(Cl)cc(Cl)c1. The monoisotopic (exact) mass is 266 g/mol. The van der Waals surface area contributed by atoms with Crippen molar-refractivity contribution >= 4 is 23.2 Å². The summed E-state index contributed by atoms with van der Waals surface area (Å²) >= 11 is 11.9. The second-order valence-corrected chi connectivity index (χ2v) is 4.75. The summed E-state index contributed by atoms with van der Waals surface area (Å²) in [6.07, 6.45) is 4.27. The van der Waals surface area contributed by atoms with Gasteiger partial charge in [0.1, 0.15) is 0 Å². The first-order valence-electron chi connectivity index (χ1n) is 5.25. The quantitative estimate of drug-likeness (QED) is 0.922. The summed E-state index contributed by atoms with van der Waals surface area (Å²) < 4.78 is 0. The molecule has 0 amide bonds. The van der Waals surface area contributed by atoms with Crippen molar-refractivity contribution < 1.29 is 0 Å². The van der Waals surface area contributed by atoms with E-state index in [0.29, 0.717) is 16.5 Å². The van der Waals surface area contributed by atoms with E-state index < -0.39 is 0 Å². The molecule has 17 heavy (non-hydrogen) atoms. The maximum absolute atomic E-state index is 6.12. The second kappa shape index (κ2) is 5.50. The van der Waals surface area contributed by atoms with Crippen molar-refractivity contribution in [3.63, 3.8) is 0 Å². The molecular weight excluding hydrogens is 255 g/mol. The van der Waals surface area contributed by atoms with Gasteiger partial charge in [0, 0.05) is 28.5 Å². The molecule has 0 fully saturated rings. The summed E-state index contributed by atoms with van der Waals surface area (Å²) in [5, 5.41) is 1.21. The highest BCUT2D eigenvalue weighted by Crippen LogP contribution is 2.24. The molecule has 0 aliphatic carbocycles. The number of halogens is 2. The second-order valence-electron chi connectivity index (χ2n) is 3.87. The Bertz CT molecular complexity index is 480. The molecule has 4 heteroatoms. The predicted octanol–water partition coefficient (Wildman–Crippen LogP) is 3.63. The molecule has 0 aliphatic rings. The van der Waals surface area contributed by atoms with E-state index in [2.05, 4.69) is 4.98 Å². The number of aromatic nitrogens is 1. The van der Waals surface area contributed by atoms with Crippen molar-refractivity contribution in [3.8, 4) is 0 Å². The molecule has 1 atom stereocenters. The van der Waals surface area contributed by atoms with E-state index in [1.54, 1.807) is 12.3 Å². The zero-order chi connectivity index (χ0) is 12.3. The lowest BCUT2D eigenvalue weighted by Crippen LogP contribution is -2.13.